The van der Waals surface area contributed by atoms with Crippen molar-refractivity contribution in [2.24, 2.45) is 0 Å². The molecule has 3 rings (SSSR count). The number of ether oxygens (including phenoxy) is 2. The van der Waals surface area contributed by atoms with Gasteiger partial charge in [-0.05, 0) is 42.0 Å². The van der Waals surface area contributed by atoms with Gasteiger partial charge < -0.3 is 20.9 Å². The monoisotopic (exact) mass is 374 g/mol. The van der Waals surface area contributed by atoms with Crippen LogP contribution in [0.5, 0.6) is 17.2 Å². The Morgan fingerprint density at radius 1 is 0.778 bits per heavy atom. The number of nitrogens with two attached hydrogens (primary N) is 2. The van der Waals surface area contributed by atoms with E-state index in [0.717, 1.165) is 17.7 Å². The fourth-order valence-corrected chi connectivity index (χ4v) is 2.42. The second-order valence-corrected chi connectivity index (χ2v) is 5.83. The molecule has 0 spiro atoms. The molecule has 3 aromatic rings. The first-order valence-electron chi connectivity index (χ1n) is 8.04. The van der Waals surface area contributed by atoms with Gasteiger partial charge in [0.05, 0.1) is 16.9 Å². The van der Waals surface area contributed by atoms with E-state index in [2.05, 4.69) is 0 Å². The Morgan fingerprint density at radius 2 is 1.33 bits per heavy atom. The summed E-state index contributed by atoms with van der Waals surface area (Å²) in [4.78, 5) is 0. The second kappa shape index (κ2) is 7.49. The molecule has 0 amide bonds. The maximum absolute atomic E-state index is 12.8. The van der Waals surface area contributed by atoms with Gasteiger partial charge in [-0.2, -0.15) is 13.2 Å². The van der Waals surface area contributed by atoms with Gasteiger partial charge in [-0.1, -0.05) is 30.3 Å². The van der Waals surface area contributed by atoms with Gasteiger partial charge in [0.15, 0.2) is 5.75 Å². The van der Waals surface area contributed by atoms with Crippen molar-refractivity contribution in [2.45, 2.75) is 12.8 Å². The minimum Gasteiger partial charge on any atom is -0.489 e. The molecule has 27 heavy (non-hydrogen) atoms. The topological polar surface area (TPSA) is 70.5 Å². The van der Waals surface area contributed by atoms with Gasteiger partial charge in [0, 0.05) is 0 Å². The van der Waals surface area contributed by atoms with Crippen molar-refractivity contribution in [2.75, 3.05) is 11.5 Å². The fourth-order valence-electron chi connectivity index (χ4n) is 2.42. The molecule has 140 valence electrons. The number of hydrogen-bond acceptors (Lipinski definition) is 4. The summed E-state index contributed by atoms with van der Waals surface area (Å²) in [5, 5.41) is 0. The van der Waals surface area contributed by atoms with E-state index in [1.807, 2.05) is 30.3 Å². The molecule has 0 atom stereocenters. The summed E-state index contributed by atoms with van der Waals surface area (Å²) in [7, 11) is 0. The van der Waals surface area contributed by atoms with E-state index in [1.54, 1.807) is 24.3 Å². The van der Waals surface area contributed by atoms with Gasteiger partial charge in [-0.15, -0.1) is 0 Å². The molecule has 0 heterocycles. The van der Waals surface area contributed by atoms with E-state index in [-0.39, 0.29) is 17.1 Å². The molecule has 0 aliphatic carbocycles. The van der Waals surface area contributed by atoms with E-state index in [0.29, 0.717) is 18.1 Å². The Morgan fingerprint density at radius 3 is 1.89 bits per heavy atom. The third-order valence-electron chi connectivity index (χ3n) is 3.77. The molecular formula is C20H17F3N2O2. The molecule has 0 saturated heterocycles. The maximum atomic E-state index is 12.8. The van der Waals surface area contributed by atoms with Crippen LogP contribution in [0.4, 0.5) is 24.5 Å². The van der Waals surface area contributed by atoms with Crippen LogP contribution in [-0.2, 0) is 12.8 Å². The number of rotatable bonds is 5. The molecule has 0 bridgehead atoms. The van der Waals surface area contributed by atoms with Crippen molar-refractivity contribution in [1.29, 1.82) is 0 Å². The SMILES string of the molecule is Nc1cc(C(F)(F)F)cc(N)c1Oc1ccc(OCc2ccccc2)cc1. The Bertz CT molecular complexity index is 888. The van der Waals surface area contributed by atoms with Crippen LogP contribution in [0.15, 0.2) is 66.7 Å². The molecule has 0 aliphatic heterocycles. The zero-order chi connectivity index (χ0) is 19.4. The molecule has 7 heteroatoms. The number of nitrogen functional groups attached to an aromatic ring is 2. The fraction of sp³-hybridized carbons (Fsp3) is 0.100. The van der Waals surface area contributed by atoms with Gasteiger partial charge in [-0.25, -0.2) is 0 Å². The Hall–Kier alpha value is -3.35. The van der Waals surface area contributed by atoms with Crippen LogP contribution in [0.2, 0.25) is 0 Å². The molecule has 0 aromatic heterocycles. The summed E-state index contributed by atoms with van der Waals surface area (Å²) in [6.07, 6.45) is -4.53. The van der Waals surface area contributed by atoms with Gasteiger partial charge in [0.2, 0.25) is 0 Å². The Labute approximate surface area is 154 Å². The van der Waals surface area contributed by atoms with Crippen molar-refractivity contribution < 1.29 is 22.6 Å². The zero-order valence-corrected chi connectivity index (χ0v) is 14.2. The molecule has 0 fully saturated rings. The molecular weight excluding hydrogens is 357 g/mol. The lowest BCUT2D eigenvalue weighted by molar-refractivity contribution is -0.137. The van der Waals surface area contributed by atoms with Gasteiger partial charge in [-0.3, -0.25) is 0 Å². The van der Waals surface area contributed by atoms with E-state index in [4.69, 9.17) is 20.9 Å². The lowest BCUT2D eigenvalue weighted by atomic mass is 10.1. The lowest BCUT2D eigenvalue weighted by Gasteiger charge is -2.15. The highest BCUT2D eigenvalue weighted by atomic mass is 19.4. The maximum Gasteiger partial charge on any atom is 0.416 e. The van der Waals surface area contributed by atoms with Gasteiger partial charge >= 0.3 is 6.18 Å². The highest BCUT2D eigenvalue weighted by Crippen LogP contribution is 2.40. The van der Waals surface area contributed by atoms with Gasteiger partial charge in [0.25, 0.3) is 0 Å². The predicted octanol–water partition coefficient (Wildman–Crippen LogP) is 5.24. The van der Waals surface area contributed by atoms with Crippen molar-refractivity contribution >= 4 is 11.4 Å². The number of anilines is 2. The predicted molar refractivity (Wildman–Crippen MR) is 97.6 cm³/mol. The van der Waals surface area contributed by atoms with Gasteiger partial charge in [0.1, 0.15) is 18.1 Å². The van der Waals surface area contributed by atoms with Crippen molar-refractivity contribution in [1.82, 2.24) is 0 Å². The standard InChI is InChI=1S/C20H17F3N2O2/c21-20(22,23)14-10-17(24)19(18(25)11-14)27-16-8-6-15(7-9-16)26-12-13-4-2-1-3-5-13/h1-11H,12,24-25H2. The summed E-state index contributed by atoms with van der Waals surface area (Å²) in [5.74, 6) is 0.987. The number of benzene rings is 3. The molecule has 0 unspecified atom stereocenters. The largest absolute Gasteiger partial charge is 0.489 e. The highest BCUT2D eigenvalue weighted by molar-refractivity contribution is 5.70. The molecule has 3 aromatic carbocycles. The Kier molecular flexibility index (Phi) is 5.12. The van der Waals surface area contributed by atoms with Crippen LogP contribution >= 0.6 is 0 Å². The number of alkyl halides is 3. The first-order chi connectivity index (χ1) is 12.8. The second-order valence-electron chi connectivity index (χ2n) is 5.83. The first-order valence-corrected chi connectivity index (χ1v) is 8.04. The van der Waals surface area contributed by atoms with Crippen LogP contribution < -0.4 is 20.9 Å². The van der Waals surface area contributed by atoms with E-state index in [1.165, 1.54) is 0 Å². The summed E-state index contributed by atoms with van der Waals surface area (Å²) in [5.41, 5.74) is 11.1. The molecule has 4 nitrogen and oxygen atoms in total. The summed E-state index contributed by atoms with van der Waals surface area (Å²) in [6.45, 7) is 0.417. The molecule has 0 radical (unpaired) electrons. The Balaban J connectivity index is 1.69. The van der Waals surface area contributed by atoms with Crippen LogP contribution in [0, 0.1) is 0 Å². The smallest absolute Gasteiger partial charge is 0.416 e. The lowest BCUT2D eigenvalue weighted by Crippen LogP contribution is -2.08. The quantitative estimate of drug-likeness (QED) is 0.599. The summed E-state index contributed by atoms with van der Waals surface area (Å²) in [6, 6.07) is 17.9. The van der Waals surface area contributed by atoms with Crippen LogP contribution in [0.3, 0.4) is 0 Å². The highest BCUT2D eigenvalue weighted by Gasteiger charge is 2.32. The summed E-state index contributed by atoms with van der Waals surface area (Å²) >= 11 is 0. The molecule has 0 aliphatic rings. The molecule has 4 N–H and O–H groups in total. The van der Waals surface area contributed by atoms with Crippen LogP contribution in [-0.4, -0.2) is 0 Å². The normalized spacial score (nSPS) is 11.2. The summed E-state index contributed by atoms with van der Waals surface area (Å²) < 4.78 is 49.6. The van der Waals surface area contributed by atoms with E-state index in [9.17, 15) is 13.2 Å². The van der Waals surface area contributed by atoms with Crippen molar-refractivity contribution in [3.63, 3.8) is 0 Å². The van der Waals surface area contributed by atoms with E-state index >= 15 is 0 Å². The zero-order valence-electron chi connectivity index (χ0n) is 14.2. The average molecular weight is 374 g/mol. The van der Waals surface area contributed by atoms with Crippen LogP contribution in [0.25, 0.3) is 0 Å². The number of hydrogen-bond donors (Lipinski definition) is 2. The van der Waals surface area contributed by atoms with Crippen molar-refractivity contribution in [3.8, 4) is 17.2 Å². The number of halogens is 3. The van der Waals surface area contributed by atoms with Crippen LogP contribution in [0.1, 0.15) is 11.1 Å². The third-order valence-corrected chi connectivity index (χ3v) is 3.77. The van der Waals surface area contributed by atoms with Crippen molar-refractivity contribution in [3.05, 3.63) is 77.9 Å². The average Bonchev–Trinajstić information content (AvgIpc) is 2.64. The third kappa shape index (κ3) is 4.63. The minimum absolute atomic E-state index is 0.0130. The van der Waals surface area contributed by atoms with E-state index < -0.39 is 11.7 Å². The minimum atomic E-state index is -4.53. The molecule has 0 saturated carbocycles. The first kappa shape index (κ1) is 18.4.